The molecule has 0 aliphatic carbocycles. The summed E-state index contributed by atoms with van der Waals surface area (Å²) in [5, 5.41) is 4.21. The monoisotopic (exact) mass is 475 g/mol. The number of rotatable bonds is 10. The van der Waals surface area contributed by atoms with Gasteiger partial charge in [-0.15, -0.1) is 11.3 Å². The minimum atomic E-state index is -0.125. The average Bonchev–Trinajstić information content (AvgIpc) is 3.08. The zero-order chi connectivity index (χ0) is 23.3. The third kappa shape index (κ3) is 5.27. The van der Waals surface area contributed by atoms with E-state index >= 15 is 0 Å². The Morgan fingerprint density at radius 2 is 1.97 bits per heavy atom. The summed E-state index contributed by atoms with van der Waals surface area (Å²) in [7, 11) is 3.16. The second-order valence-corrected chi connectivity index (χ2v) is 9.57. The first kappa shape index (κ1) is 24.1. The van der Waals surface area contributed by atoms with E-state index in [1.54, 1.807) is 18.8 Å². The summed E-state index contributed by atoms with van der Waals surface area (Å²) in [4.78, 5) is 32.2. The summed E-state index contributed by atoms with van der Waals surface area (Å²) in [5.41, 5.74) is 1.89. The van der Waals surface area contributed by atoms with E-state index in [-0.39, 0.29) is 17.2 Å². The van der Waals surface area contributed by atoms with Crippen molar-refractivity contribution in [3.63, 3.8) is 0 Å². The Morgan fingerprint density at radius 3 is 2.66 bits per heavy atom. The van der Waals surface area contributed by atoms with Crippen LogP contribution in [0.1, 0.15) is 35.8 Å². The first-order valence-corrected chi connectivity index (χ1v) is 12.3. The number of carbonyl (C=O) groups excluding carboxylic acids is 1. The largest absolute Gasteiger partial charge is 0.493 e. The van der Waals surface area contributed by atoms with Gasteiger partial charge in [0, 0.05) is 18.0 Å². The highest BCUT2D eigenvalue weighted by Crippen LogP contribution is 2.29. The number of methoxy groups -OCH3 is 2. The van der Waals surface area contributed by atoms with E-state index in [1.807, 2.05) is 32.0 Å². The number of fused-ring (bicyclic) bond motifs is 1. The first-order chi connectivity index (χ1) is 15.4. The van der Waals surface area contributed by atoms with E-state index in [0.29, 0.717) is 35.1 Å². The quantitative estimate of drug-likeness (QED) is 0.348. The molecular weight excluding hydrogens is 446 g/mol. The Kier molecular flexibility index (Phi) is 8.20. The predicted molar refractivity (Wildman–Crippen MR) is 130 cm³/mol. The van der Waals surface area contributed by atoms with Gasteiger partial charge in [0.15, 0.2) is 16.7 Å². The van der Waals surface area contributed by atoms with E-state index < -0.39 is 0 Å². The van der Waals surface area contributed by atoms with Crippen molar-refractivity contribution in [2.24, 2.45) is 0 Å². The number of aromatic nitrogens is 2. The Labute approximate surface area is 196 Å². The number of nitrogens with zero attached hydrogens (tertiary/aromatic N) is 2. The second-order valence-electron chi connectivity index (χ2n) is 7.42. The van der Waals surface area contributed by atoms with Crippen molar-refractivity contribution < 1.29 is 14.3 Å². The molecule has 2 heterocycles. The summed E-state index contributed by atoms with van der Waals surface area (Å²) in [5.74, 6) is 1.32. The van der Waals surface area contributed by atoms with Gasteiger partial charge in [0.1, 0.15) is 4.83 Å². The summed E-state index contributed by atoms with van der Waals surface area (Å²) in [6, 6.07) is 5.53. The van der Waals surface area contributed by atoms with Gasteiger partial charge in [0.05, 0.1) is 25.4 Å². The molecule has 0 aliphatic rings. The van der Waals surface area contributed by atoms with Crippen LogP contribution in [0.15, 0.2) is 28.2 Å². The van der Waals surface area contributed by atoms with Crippen LogP contribution in [0.4, 0.5) is 0 Å². The Morgan fingerprint density at radius 1 is 1.22 bits per heavy atom. The van der Waals surface area contributed by atoms with Gasteiger partial charge >= 0.3 is 0 Å². The normalized spacial score (nSPS) is 11.0. The lowest BCUT2D eigenvalue weighted by Crippen LogP contribution is -2.27. The van der Waals surface area contributed by atoms with Crippen LogP contribution in [0.2, 0.25) is 0 Å². The molecule has 0 saturated carbocycles. The first-order valence-electron chi connectivity index (χ1n) is 10.5. The standard InChI is InChI=1S/C23H29N3O4S2/c1-6-7-10-26-22(28)20-14(2)15(3)32-21(20)25-23(26)31-13-19(27)24-12-16-8-9-17(29-4)18(11-16)30-5/h8-9,11H,6-7,10,12-13H2,1-5H3,(H,24,27). The van der Waals surface area contributed by atoms with E-state index in [4.69, 9.17) is 14.5 Å². The average molecular weight is 476 g/mol. The number of ether oxygens (including phenoxy) is 2. The number of thioether (sulfide) groups is 1. The van der Waals surface area contributed by atoms with Crippen molar-refractivity contribution in [1.29, 1.82) is 0 Å². The minimum Gasteiger partial charge on any atom is -0.493 e. The summed E-state index contributed by atoms with van der Waals surface area (Å²) < 4.78 is 12.3. The van der Waals surface area contributed by atoms with E-state index in [0.717, 1.165) is 33.7 Å². The number of amides is 1. The molecule has 0 fully saturated rings. The van der Waals surface area contributed by atoms with Crippen molar-refractivity contribution in [1.82, 2.24) is 14.9 Å². The number of unbranched alkanes of at least 4 members (excludes halogenated alkanes) is 1. The van der Waals surface area contributed by atoms with Crippen molar-refractivity contribution in [2.45, 2.75) is 51.9 Å². The van der Waals surface area contributed by atoms with Crippen LogP contribution in [0.5, 0.6) is 11.5 Å². The van der Waals surface area contributed by atoms with E-state index in [9.17, 15) is 9.59 Å². The predicted octanol–water partition coefficient (Wildman–Crippen LogP) is 4.30. The molecule has 0 saturated heterocycles. The third-order valence-corrected chi connectivity index (χ3v) is 7.34. The molecule has 0 atom stereocenters. The molecule has 7 nitrogen and oxygen atoms in total. The molecule has 1 amide bonds. The molecule has 2 aromatic heterocycles. The summed E-state index contributed by atoms with van der Waals surface area (Å²) in [6.45, 7) is 7.04. The maximum atomic E-state index is 13.2. The lowest BCUT2D eigenvalue weighted by atomic mass is 10.2. The molecule has 0 radical (unpaired) electrons. The smallest absolute Gasteiger partial charge is 0.263 e. The molecule has 1 aromatic carbocycles. The zero-order valence-electron chi connectivity index (χ0n) is 19.1. The molecule has 3 rings (SSSR count). The molecule has 9 heteroatoms. The maximum Gasteiger partial charge on any atom is 0.263 e. The second kappa shape index (κ2) is 10.9. The van der Waals surface area contributed by atoms with Crippen LogP contribution in [0.3, 0.4) is 0 Å². The van der Waals surface area contributed by atoms with Crippen LogP contribution < -0.4 is 20.3 Å². The number of aryl methyl sites for hydroxylation is 2. The van der Waals surface area contributed by atoms with Gasteiger partial charge in [-0.1, -0.05) is 31.2 Å². The number of benzene rings is 1. The van der Waals surface area contributed by atoms with Gasteiger partial charge < -0.3 is 14.8 Å². The van der Waals surface area contributed by atoms with Crippen molar-refractivity contribution in [3.05, 3.63) is 44.6 Å². The molecule has 0 bridgehead atoms. The van der Waals surface area contributed by atoms with Gasteiger partial charge in [-0.2, -0.15) is 0 Å². The fourth-order valence-corrected chi connectivity index (χ4v) is 5.23. The summed E-state index contributed by atoms with van der Waals surface area (Å²) >= 11 is 2.83. The van der Waals surface area contributed by atoms with Gasteiger partial charge in [-0.25, -0.2) is 4.98 Å². The maximum absolute atomic E-state index is 13.2. The van der Waals surface area contributed by atoms with E-state index in [2.05, 4.69) is 12.2 Å². The molecule has 32 heavy (non-hydrogen) atoms. The fourth-order valence-electron chi connectivity index (χ4n) is 3.30. The highest BCUT2D eigenvalue weighted by Gasteiger charge is 2.17. The zero-order valence-corrected chi connectivity index (χ0v) is 20.7. The molecule has 3 aromatic rings. The van der Waals surface area contributed by atoms with E-state index in [1.165, 1.54) is 23.1 Å². The highest BCUT2D eigenvalue weighted by molar-refractivity contribution is 7.99. The van der Waals surface area contributed by atoms with Crippen molar-refractivity contribution >= 4 is 39.2 Å². The lowest BCUT2D eigenvalue weighted by molar-refractivity contribution is -0.118. The molecule has 0 spiro atoms. The van der Waals surface area contributed by atoms with Gasteiger partial charge in [-0.3, -0.25) is 14.2 Å². The van der Waals surface area contributed by atoms with Gasteiger partial charge in [-0.05, 0) is 43.5 Å². The van der Waals surface area contributed by atoms with Crippen LogP contribution in [0.25, 0.3) is 10.2 Å². The molecule has 1 N–H and O–H groups in total. The van der Waals surface area contributed by atoms with Crippen molar-refractivity contribution in [3.8, 4) is 11.5 Å². The van der Waals surface area contributed by atoms with Crippen LogP contribution in [0, 0.1) is 13.8 Å². The van der Waals surface area contributed by atoms with Crippen molar-refractivity contribution in [2.75, 3.05) is 20.0 Å². The highest BCUT2D eigenvalue weighted by atomic mass is 32.2. The molecule has 172 valence electrons. The van der Waals surface area contributed by atoms with Crippen LogP contribution in [-0.2, 0) is 17.9 Å². The Hall–Kier alpha value is -2.52. The fraction of sp³-hybridized carbons (Fsp3) is 0.435. The van der Waals surface area contributed by atoms with Crippen LogP contribution in [-0.4, -0.2) is 35.4 Å². The summed E-state index contributed by atoms with van der Waals surface area (Å²) in [6.07, 6.45) is 1.86. The number of hydrogen-bond acceptors (Lipinski definition) is 7. The van der Waals surface area contributed by atoms with Crippen LogP contribution >= 0.6 is 23.1 Å². The van der Waals surface area contributed by atoms with Gasteiger partial charge in [0.25, 0.3) is 5.56 Å². The number of carbonyl (C=O) groups is 1. The molecular formula is C23H29N3O4S2. The number of nitrogens with one attached hydrogen (secondary N) is 1. The van der Waals surface area contributed by atoms with Gasteiger partial charge in [0.2, 0.25) is 5.91 Å². The SMILES string of the molecule is CCCCn1c(SCC(=O)NCc2ccc(OC)c(OC)c2)nc2sc(C)c(C)c2c1=O. The number of thiophene rings is 1. The Balaban J connectivity index is 1.72. The lowest BCUT2D eigenvalue weighted by Gasteiger charge is -2.12. The molecule has 0 aliphatic heterocycles. The number of hydrogen-bond donors (Lipinski definition) is 1. The topological polar surface area (TPSA) is 82.5 Å². The molecule has 0 unspecified atom stereocenters. The Bertz CT molecular complexity index is 1170. The minimum absolute atomic E-state index is 0.0152. The third-order valence-electron chi connectivity index (χ3n) is 5.26.